The highest BCUT2D eigenvalue weighted by molar-refractivity contribution is 5.51. The van der Waals surface area contributed by atoms with E-state index in [0.717, 1.165) is 31.0 Å². The standard InChI is InChI=1S/C16H22N4O/c1-16(2,3)15-18-14(21-19-15)10-20-8-7-11-5-4-6-13(17)12(11)9-20/h4-6H,7-10,17H2,1-3H3. The molecule has 0 saturated carbocycles. The summed E-state index contributed by atoms with van der Waals surface area (Å²) in [5.74, 6) is 1.44. The van der Waals surface area contributed by atoms with Crippen molar-refractivity contribution in [1.82, 2.24) is 15.0 Å². The molecular formula is C16H22N4O. The third-order valence-electron chi connectivity index (χ3n) is 3.89. The first-order chi connectivity index (χ1) is 9.93. The Kier molecular flexibility index (Phi) is 3.45. The Labute approximate surface area is 125 Å². The quantitative estimate of drug-likeness (QED) is 0.859. The van der Waals surface area contributed by atoms with Crippen LogP contribution in [0.1, 0.15) is 43.6 Å². The van der Waals surface area contributed by atoms with Crippen LogP contribution in [0.15, 0.2) is 22.7 Å². The van der Waals surface area contributed by atoms with Crippen LogP contribution in [0.3, 0.4) is 0 Å². The molecule has 21 heavy (non-hydrogen) atoms. The fraction of sp³-hybridized carbons (Fsp3) is 0.500. The molecular weight excluding hydrogens is 264 g/mol. The highest BCUT2D eigenvalue weighted by atomic mass is 16.5. The van der Waals surface area contributed by atoms with Gasteiger partial charge in [0.1, 0.15) is 0 Å². The van der Waals surface area contributed by atoms with E-state index in [-0.39, 0.29) is 5.41 Å². The van der Waals surface area contributed by atoms with Gasteiger partial charge in [0.05, 0.1) is 6.54 Å². The van der Waals surface area contributed by atoms with Crippen LogP contribution < -0.4 is 5.73 Å². The van der Waals surface area contributed by atoms with Crippen molar-refractivity contribution in [3.8, 4) is 0 Å². The minimum Gasteiger partial charge on any atom is -0.398 e. The number of fused-ring (bicyclic) bond motifs is 1. The van der Waals surface area contributed by atoms with Gasteiger partial charge in [0.2, 0.25) is 5.89 Å². The molecule has 0 atom stereocenters. The van der Waals surface area contributed by atoms with Crippen molar-refractivity contribution >= 4 is 5.69 Å². The van der Waals surface area contributed by atoms with Gasteiger partial charge in [-0.2, -0.15) is 4.98 Å². The van der Waals surface area contributed by atoms with Crippen molar-refractivity contribution in [2.24, 2.45) is 0 Å². The van der Waals surface area contributed by atoms with Gasteiger partial charge in [0.15, 0.2) is 5.82 Å². The van der Waals surface area contributed by atoms with Gasteiger partial charge in [-0.15, -0.1) is 0 Å². The number of benzene rings is 1. The van der Waals surface area contributed by atoms with Crippen LogP contribution in [0.5, 0.6) is 0 Å². The Balaban J connectivity index is 1.73. The molecule has 2 heterocycles. The SMILES string of the molecule is CC(C)(C)c1noc(CN2CCc3cccc(N)c3C2)n1. The first-order valence-electron chi connectivity index (χ1n) is 7.35. The molecule has 0 bridgehead atoms. The molecule has 0 unspecified atom stereocenters. The van der Waals surface area contributed by atoms with Gasteiger partial charge in [-0.3, -0.25) is 4.90 Å². The number of hydrogen-bond acceptors (Lipinski definition) is 5. The molecule has 0 saturated heterocycles. The zero-order valence-corrected chi connectivity index (χ0v) is 12.9. The average Bonchev–Trinajstić information content (AvgIpc) is 2.88. The lowest BCUT2D eigenvalue weighted by atomic mass is 9.96. The van der Waals surface area contributed by atoms with Gasteiger partial charge >= 0.3 is 0 Å². The monoisotopic (exact) mass is 286 g/mol. The summed E-state index contributed by atoms with van der Waals surface area (Å²) in [7, 11) is 0. The van der Waals surface area contributed by atoms with Crippen LogP contribution in [-0.2, 0) is 24.9 Å². The largest absolute Gasteiger partial charge is 0.398 e. The van der Waals surface area contributed by atoms with Gasteiger partial charge in [-0.1, -0.05) is 38.1 Å². The third-order valence-corrected chi connectivity index (χ3v) is 3.89. The molecule has 2 aromatic rings. The lowest BCUT2D eigenvalue weighted by Gasteiger charge is -2.28. The Bertz CT molecular complexity index is 642. The molecule has 0 radical (unpaired) electrons. The molecule has 112 valence electrons. The Hall–Kier alpha value is -1.88. The zero-order chi connectivity index (χ0) is 15.0. The molecule has 0 amide bonds. The molecule has 2 N–H and O–H groups in total. The summed E-state index contributed by atoms with van der Waals surface area (Å²) in [4.78, 5) is 6.81. The lowest BCUT2D eigenvalue weighted by Crippen LogP contribution is -2.30. The van der Waals surface area contributed by atoms with Gasteiger partial charge < -0.3 is 10.3 Å². The van der Waals surface area contributed by atoms with Crippen molar-refractivity contribution in [3.05, 3.63) is 41.0 Å². The number of anilines is 1. The molecule has 1 aliphatic rings. The van der Waals surface area contributed by atoms with Gasteiger partial charge in [-0.25, -0.2) is 0 Å². The molecule has 3 rings (SSSR count). The second kappa shape index (κ2) is 5.15. The van der Waals surface area contributed by atoms with Crippen LogP contribution >= 0.6 is 0 Å². The lowest BCUT2D eigenvalue weighted by molar-refractivity contribution is 0.210. The van der Waals surface area contributed by atoms with E-state index in [1.165, 1.54) is 11.1 Å². The van der Waals surface area contributed by atoms with Crippen molar-refractivity contribution < 1.29 is 4.52 Å². The third kappa shape index (κ3) is 2.93. The molecule has 1 aromatic heterocycles. The second-order valence-corrected chi connectivity index (χ2v) is 6.71. The number of nitrogens with two attached hydrogens (primary N) is 1. The average molecular weight is 286 g/mol. The van der Waals surface area contributed by atoms with Crippen molar-refractivity contribution in [3.63, 3.8) is 0 Å². The summed E-state index contributed by atoms with van der Waals surface area (Å²) in [5.41, 5.74) is 9.46. The van der Waals surface area contributed by atoms with Crippen molar-refractivity contribution in [2.45, 2.75) is 45.7 Å². The molecule has 0 aliphatic carbocycles. The predicted octanol–water partition coefficient (Wildman–Crippen LogP) is 2.51. The van der Waals surface area contributed by atoms with Gasteiger partial charge in [0, 0.05) is 24.2 Å². The predicted molar refractivity (Wildman–Crippen MR) is 81.7 cm³/mol. The first kappa shape index (κ1) is 14.1. The summed E-state index contributed by atoms with van der Waals surface area (Å²) in [5, 5.41) is 4.08. The number of nitrogens with zero attached hydrogens (tertiary/aromatic N) is 3. The summed E-state index contributed by atoms with van der Waals surface area (Å²) in [6, 6.07) is 6.15. The number of aromatic nitrogens is 2. The molecule has 5 heteroatoms. The Morgan fingerprint density at radius 2 is 2.14 bits per heavy atom. The van der Waals surface area contributed by atoms with Crippen molar-refractivity contribution in [2.75, 3.05) is 12.3 Å². The van der Waals surface area contributed by atoms with Crippen molar-refractivity contribution in [1.29, 1.82) is 0 Å². The van der Waals surface area contributed by atoms with Gasteiger partial charge in [-0.05, 0) is 23.6 Å². The highest BCUT2D eigenvalue weighted by Gasteiger charge is 2.23. The van der Waals surface area contributed by atoms with Gasteiger partial charge in [0.25, 0.3) is 0 Å². The number of hydrogen-bond donors (Lipinski definition) is 1. The van der Waals surface area contributed by atoms with Crippen LogP contribution in [0.4, 0.5) is 5.69 Å². The van der Waals surface area contributed by atoms with E-state index in [1.807, 2.05) is 12.1 Å². The maximum atomic E-state index is 6.08. The number of nitrogen functional groups attached to an aromatic ring is 1. The molecule has 0 fully saturated rings. The van der Waals surface area contributed by atoms with Crippen LogP contribution in [0, 0.1) is 0 Å². The van der Waals surface area contributed by atoms with E-state index < -0.39 is 0 Å². The van der Waals surface area contributed by atoms with Crippen LogP contribution in [0.2, 0.25) is 0 Å². The minimum atomic E-state index is -0.0827. The zero-order valence-electron chi connectivity index (χ0n) is 12.9. The highest BCUT2D eigenvalue weighted by Crippen LogP contribution is 2.25. The summed E-state index contributed by atoms with van der Waals surface area (Å²) < 4.78 is 5.38. The van der Waals surface area contributed by atoms with E-state index in [0.29, 0.717) is 12.4 Å². The fourth-order valence-electron chi connectivity index (χ4n) is 2.61. The van der Waals surface area contributed by atoms with E-state index in [1.54, 1.807) is 0 Å². The Morgan fingerprint density at radius 1 is 1.33 bits per heavy atom. The Morgan fingerprint density at radius 3 is 2.86 bits per heavy atom. The second-order valence-electron chi connectivity index (χ2n) is 6.71. The molecule has 5 nitrogen and oxygen atoms in total. The number of rotatable bonds is 2. The van der Waals surface area contributed by atoms with Crippen LogP contribution in [-0.4, -0.2) is 21.6 Å². The maximum Gasteiger partial charge on any atom is 0.240 e. The van der Waals surface area contributed by atoms with E-state index in [2.05, 4.69) is 41.9 Å². The smallest absolute Gasteiger partial charge is 0.240 e. The summed E-state index contributed by atoms with van der Waals surface area (Å²) >= 11 is 0. The van der Waals surface area contributed by atoms with E-state index >= 15 is 0 Å². The summed E-state index contributed by atoms with van der Waals surface area (Å²) in [6.45, 7) is 8.76. The molecule has 1 aromatic carbocycles. The summed E-state index contributed by atoms with van der Waals surface area (Å²) in [6.07, 6.45) is 1.01. The topological polar surface area (TPSA) is 68.2 Å². The van der Waals surface area contributed by atoms with Crippen LogP contribution in [0.25, 0.3) is 0 Å². The van der Waals surface area contributed by atoms with E-state index in [4.69, 9.17) is 10.3 Å². The normalized spacial score (nSPS) is 16.0. The first-order valence-corrected chi connectivity index (χ1v) is 7.35. The molecule has 0 spiro atoms. The minimum absolute atomic E-state index is 0.0827. The maximum absolute atomic E-state index is 6.08. The van der Waals surface area contributed by atoms with E-state index in [9.17, 15) is 0 Å². The fourth-order valence-corrected chi connectivity index (χ4v) is 2.61. The molecule has 1 aliphatic heterocycles.